The number of aliphatic hydroxyl groups excluding tert-OH is 1. The lowest BCUT2D eigenvalue weighted by molar-refractivity contribution is 0.0202. The first kappa shape index (κ1) is 16.3. The van der Waals surface area contributed by atoms with E-state index in [1.54, 1.807) is 33.0 Å². The number of carbonyl (C=O) groups excluding carboxylic acids is 1. The van der Waals surface area contributed by atoms with Crippen molar-refractivity contribution < 1.29 is 19.0 Å². The van der Waals surface area contributed by atoms with Crippen LogP contribution >= 0.6 is 0 Å². The smallest absolute Gasteiger partial charge is 0.410 e. The fourth-order valence-electron chi connectivity index (χ4n) is 2.22. The Morgan fingerprint density at radius 3 is 2.77 bits per heavy atom. The molecule has 120 valence electrons. The number of rotatable bonds is 4. The minimum atomic E-state index is -0.630. The summed E-state index contributed by atoms with van der Waals surface area (Å²) in [7, 11) is 0. The highest BCUT2D eigenvalue weighted by Gasteiger charge is 2.22. The first-order valence-corrected chi connectivity index (χ1v) is 7.14. The summed E-state index contributed by atoms with van der Waals surface area (Å²) in [5.74, 6) is -0.366. The summed E-state index contributed by atoms with van der Waals surface area (Å²) in [5.41, 5.74) is 0.779. The zero-order valence-electron chi connectivity index (χ0n) is 13.0. The molecule has 1 aromatic heterocycles. The number of aromatic amines is 1. The first-order valence-electron chi connectivity index (χ1n) is 7.14. The predicted molar refractivity (Wildman–Crippen MR) is 82.0 cm³/mol. The van der Waals surface area contributed by atoms with Crippen molar-refractivity contribution in [3.63, 3.8) is 0 Å². The van der Waals surface area contributed by atoms with E-state index in [9.17, 15) is 9.18 Å². The lowest BCUT2D eigenvalue weighted by Gasteiger charge is -2.27. The number of halogens is 1. The van der Waals surface area contributed by atoms with E-state index in [2.05, 4.69) is 4.98 Å². The van der Waals surface area contributed by atoms with Crippen molar-refractivity contribution in [1.29, 1.82) is 0 Å². The van der Waals surface area contributed by atoms with E-state index < -0.39 is 11.7 Å². The molecular weight excluding hydrogens is 287 g/mol. The average molecular weight is 308 g/mol. The second kappa shape index (κ2) is 6.36. The van der Waals surface area contributed by atoms with Crippen LogP contribution < -0.4 is 0 Å². The Morgan fingerprint density at radius 2 is 2.14 bits per heavy atom. The van der Waals surface area contributed by atoms with E-state index in [4.69, 9.17) is 9.84 Å². The highest BCUT2D eigenvalue weighted by molar-refractivity contribution is 5.83. The van der Waals surface area contributed by atoms with Gasteiger partial charge >= 0.3 is 6.09 Å². The van der Waals surface area contributed by atoms with Gasteiger partial charge in [0.05, 0.1) is 18.7 Å². The maximum absolute atomic E-state index is 13.7. The van der Waals surface area contributed by atoms with Gasteiger partial charge in [-0.2, -0.15) is 0 Å². The Kier molecular flexibility index (Phi) is 4.71. The van der Waals surface area contributed by atoms with Gasteiger partial charge in [0.25, 0.3) is 0 Å². The van der Waals surface area contributed by atoms with Gasteiger partial charge in [-0.25, -0.2) is 9.18 Å². The molecule has 2 rings (SSSR count). The Morgan fingerprint density at radius 1 is 1.41 bits per heavy atom. The average Bonchev–Trinajstić information content (AvgIpc) is 2.84. The summed E-state index contributed by atoms with van der Waals surface area (Å²) in [6, 6.07) is 4.58. The molecule has 1 amide bonds. The SMILES string of the molecule is CC(C)(C)OC(=O)N(CCO)Cc1cc(F)cc2cc[nH]c12. The molecule has 0 atom stereocenters. The molecule has 5 nitrogen and oxygen atoms in total. The molecule has 0 aliphatic rings. The third-order valence-corrected chi connectivity index (χ3v) is 3.09. The zero-order chi connectivity index (χ0) is 16.3. The molecule has 0 saturated heterocycles. The van der Waals surface area contributed by atoms with Crippen molar-refractivity contribution in [1.82, 2.24) is 9.88 Å². The van der Waals surface area contributed by atoms with Crippen molar-refractivity contribution in [3.8, 4) is 0 Å². The highest BCUT2D eigenvalue weighted by atomic mass is 19.1. The molecule has 22 heavy (non-hydrogen) atoms. The molecule has 0 unspecified atom stereocenters. The third kappa shape index (κ3) is 3.98. The molecule has 0 spiro atoms. The van der Waals surface area contributed by atoms with Gasteiger partial charge < -0.3 is 19.7 Å². The molecule has 0 radical (unpaired) electrons. The monoisotopic (exact) mass is 308 g/mol. The molecule has 0 bridgehead atoms. The van der Waals surface area contributed by atoms with E-state index in [1.165, 1.54) is 17.0 Å². The van der Waals surface area contributed by atoms with Gasteiger partial charge in [-0.3, -0.25) is 0 Å². The Labute approximate surface area is 128 Å². The van der Waals surface area contributed by atoms with Crippen LogP contribution in [0.15, 0.2) is 24.4 Å². The fourth-order valence-corrected chi connectivity index (χ4v) is 2.22. The van der Waals surface area contributed by atoms with Gasteiger partial charge in [-0.05, 0) is 44.5 Å². The fraction of sp³-hybridized carbons (Fsp3) is 0.438. The quantitative estimate of drug-likeness (QED) is 0.912. The molecular formula is C16H21FN2O3. The Bertz CT molecular complexity index is 661. The van der Waals surface area contributed by atoms with Crippen molar-refractivity contribution in [3.05, 3.63) is 35.8 Å². The van der Waals surface area contributed by atoms with Gasteiger partial charge in [0.2, 0.25) is 0 Å². The Hall–Kier alpha value is -2.08. The summed E-state index contributed by atoms with van der Waals surface area (Å²) < 4.78 is 19.0. The number of amides is 1. The number of ether oxygens (including phenoxy) is 1. The van der Waals surface area contributed by atoms with Crippen LogP contribution in [0.3, 0.4) is 0 Å². The molecule has 6 heteroatoms. The van der Waals surface area contributed by atoms with Crippen LogP contribution in [0.4, 0.5) is 9.18 Å². The van der Waals surface area contributed by atoms with Crippen LogP contribution in [-0.4, -0.2) is 39.8 Å². The van der Waals surface area contributed by atoms with Crippen LogP contribution in [0, 0.1) is 5.82 Å². The van der Waals surface area contributed by atoms with Gasteiger partial charge in [-0.1, -0.05) is 0 Å². The van der Waals surface area contributed by atoms with E-state index in [0.717, 1.165) is 10.9 Å². The lowest BCUT2D eigenvalue weighted by atomic mass is 10.1. The van der Waals surface area contributed by atoms with Gasteiger partial charge in [0, 0.05) is 18.1 Å². The summed E-state index contributed by atoms with van der Waals surface area (Å²) in [5, 5.41) is 9.90. The van der Waals surface area contributed by atoms with E-state index in [1.807, 2.05) is 0 Å². The molecule has 2 aromatic rings. The molecule has 1 heterocycles. The van der Waals surface area contributed by atoms with E-state index >= 15 is 0 Å². The topological polar surface area (TPSA) is 65.6 Å². The summed E-state index contributed by atoms with van der Waals surface area (Å²) in [6.07, 6.45) is 1.18. The second-order valence-corrected chi connectivity index (χ2v) is 6.13. The normalized spacial score (nSPS) is 11.7. The third-order valence-electron chi connectivity index (χ3n) is 3.09. The highest BCUT2D eigenvalue weighted by Crippen LogP contribution is 2.21. The number of hydrogen-bond donors (Lipinski definition) is 2. The van der Waals surface area contributed by atoms with Crippen molar-refractivity contribution in [2.75, 3.05) is 13.2 Å². The number of aromatic nitrogens is 1. The van der Waals surface area contributed by atoms with Crippen LogP contribution in [0.2, 0.25) is 0 Å². The number of nitrogens with zero attached hydrogens (tertiary/aromatic N) is 1. The molecule has 0 saturated carbocycles. The molecule has 0 fully saturated rings. The number of fused-ring (bicyclic) bond motifs is 1. The summed E-state index contributed by atoms with van der Waals surface area (Å²) in [4.78, 5) is 16.6. The molecule has 0 aliphatic heterocycles. The lowest BCUT2D eigenvalue weighted by Crippen LogP contribution is -2.38. The van der Waals surface area contributed by atoms with Crippen molar-refractivity contribution >= 4 is 17.0 Å². The minimum Gasteiger partial charge on any atom is -0.444 e. The van der Waals surface area contributed by atoms with Crippen LogP contribution in [0.1, 0.15) is 26.3 Å². The van der Waals surface area contributed by atoms with E-state index in [-0.39, 0.29) is 25.5 Å². The van der Waals surface area contributed by atoms with Gasteiger partial charge in [0.15, 0.2) is 0 Å². The second-order valence-electron chi connectivity index (χ2n) is 6.13. The Balaban J connectivity index is 2.26. The summed E-state index contributed by atoms with van der Waals surface area (Å²) >= 11 is 0. The first-order chi connectivity index (χ1) is 10.3. The molecule has 1 aromatic carbocycles. The maximum atomic E-state index is 13.7. The van der Waals surface area contributed by atoms with Crippen LogP contribution in [-0.2, 0) is 11.3 Å². The number of benzene rings is 1. The maximum Gasteiger partial charge on any atom is 0.410 e. The molecule has 2 N–H and O–H groups in total. The molecule has 0 aliphatic carbocycles. The number of aliphatic hydroxyl groups is 1. The van der Waals surface area contributed by atoms with Crippen LogP contribution in [0.25, 0.3) is 10.9 Å². The summed E-state index contributed by atoms with van der Waals surface area (Å²) in [6.45, 7) is 5.40. The van der Waals surface area contributed by atoms with Crippen molar-refractivity contribution in [2.45, 2.75) is 32.9 Å². The van der Waals surface area contributed by atoms with Crippen LogP contribution in [0.5, 0.6) is 0 Å². The van der Waals surface area contributed by atoms with Crippen molar-refractivity contribution in [2.24, 2.45) is 0 Å². The van der Waals surface area contributed by atoms with Gasteiger partial charge in [0.1, 0.15) is 11.4 Å². The minimum absolute atomic E-state index is 0.119. The number of nitrogens with one attached hydrogen (secondary N) is 1. The number of hydrogen-bond acceptors (Lipinski definition) is 3. The number of H-pyrrole nitrogens is 1. The number of carbonyl (C=O) groups is 1. The largest absolute Gasteiger partial charge is 0.444 e. The van der Waals surface area contributed by atoms with Gasteiger partial charge in [-0.15, -0.1) is 0 Å². The zero-order valence-corrected chi connectivity index (χ0v) is 13.0. The standard InChI is InChI=1S/C16H21FN2O3/c1-16(2,3)22-15(21)19(6-7-20)10-12-9-13(17)8-11-4-5-18-14(11)12/h4-5,8-9,18,20H,6-7,10H2,1-3H3. The predicted octanol–water partition coefficient (Wildman–Crippen LogP) is 3.04. The van der Waals surface area contributed by atoms with E-state index in [0.29, 0.717) is 5.56 Å².